The number of anilines is 1. The molecule has 0 radical (unpaired) electrons. The first-order valence-electron chi connectivity index (χ1n) is 8.98. The molecule has 1 atom stereocenters. The summed E-state index contributed by atoms with van der Waals surface area (Å²) in [5.74, 6) is 0.449. The molecule has 28 heavy (non-hydrogen) atoms. The predicted octanol–water partition coefficient (Wildman–Crippen LogP) is 3.03. The third-order valence-corrected chi connectivity index (χ3v) is 5.55. The second kappa shape index (κ2) is 8.37. The van der Waals surface area contributed by atoms with Gasteiger partial charge in [-0.15, -0.1) is 11.3 Å². The smallest absolute Gasteiger partial charge is 0.348 e. The van der Waals surface area contributed by atoms with E-state index in [4.69, 9.17) is 4.74 Å². The van der Waals surface area contributed by atoms with Gasteiger partial charge in [0.05, 0.1) is 19.2 Å². The Morgan fingerprint density at radius 1 is 1.29 bits per heavy atom. The van der Waals surface area contributed by atoms with Crippen LogP contribution in [0.25, 0.3) is 0 Å². The number of rotatable bonds is 6. The summed E-state index contributed by atoms with van der Waals surface area (Å²) in [5, 5.41) is 13.1. The van der Waals surface area contributed by atoms with Crippen molar-refractivity contribution in [3.63, 3.8) is 0 Å². The largest absolute Gasteiger partial charge is 0.457 e. The number of aromatic nitrogens is 2. The summed E-state index contributed by atoms with van der Waals surface area (Å²) in [6.07, 6.45) is 3.34. The number of aliphatic hydroxyl groups excluding tert-OH is 1. The van der Waals surface area contributed by atoms with Crippen LogP contribution in [0.1, 0.15) is 31.9 Å². The zero-order valence-electron chi connectivity index (χ0n) is 15.1. The van der Waals surface area contributed by atoms with Crippen molar-refractivity contribution in [2.45, 2.75) is 25.7 Å². The maximum Gasteiger partial charge on any atom is 0.348 e. The molecule has 0 amide bonds. The van der Waals surface area contributed by atoms with E-state index in [1.165, 1.54) is 11.3 Å². The second-order valence-electron chi connectivity index (χ2n) is 6.40. The topological polar surface area (TPSA) is 88.7 Å². The summed E-state index contributed by atoms with van der Waals surface area (Å²) in [7, 11) is 0. The van der Waals surface area contributed by atoms with Crippen molar-refractivity contribution in [2.75, 3.05) is 11.9 Å². The Morgan fingerprint density at radius 3 is 3.00 bits per heavy atom. The molecule has 0 bridgehead atoms. The lowest BCUT2D eigenvalue weighted by Crippen LogP contribution is -2.07. The highest BCUT2D eigenvalue weighted by Crippen LogP contribution is 2.25. The van der Waals surface area contributed by atoms with Crippen molar-refractivity contribution in [3.8, 4) is 0 Å². The molecule has 144 valence electrons. The molecule has 3 aromatic rings. The van der Waals surface area contributed by atoms with Gasteiger partial charge in [0.1, 0.15) is 29.1 Å². The van der Waals surface area contributed by atoms with Crippen LogP contribution in [0.2, 0.25) is 0 Å². The standard InChI is InChI=1S/C20H20N4O3S/c25-16-10-21-12-22-19-18(16)23-13-24(19)9-8-15-6-7-17(28-15)20(26)27-11-14-4-2-1-3-5-14/h1-7,12-13,16,25H,8-11H2,(H,21,22). The fourth-order valence-electron chi connectivity index (χ4n) is 2.96. The van der Waals surface area contributed by atoms with Crippen LogP contribution >= 0.6 is 11.3 Å². The van der Waals surface area contributed by atoms with E-state index in [0.29, 0.717) is 23.7 Å². The average Bonchev–Trinajstić information content (AvgIpc) is 3.31. The fraction of sp³-hybridized carbons (Fsp3) is 0.250. The lowest BCUT2D eigenvalue weighted by atomic mass is 10.2. The van der Waals surface area contributed by atoms with E-state index in [1.54, 1.807) is 18.7 Å². The molecule has 3 heterocycles. The molecule has 4 rings (SSSR count). The van der Waals surface area contributed by atoms with Crippen LogP contribution in [0, 0.1) is 0 Å². The second-order valence-corrected chi connectivity index (χ2v) is 7.57. The Kier molecular flexibility index (Phi) is 5.50. The number of aliphatic imine (C=N–C) groups is 1. The number of aliphatic hydroxyl groups is 1. The summed E-state index contributed by atoms with van der Waals surface area (Å²) in [4.78, 5) is 22.3. The number of aryl methyl sites for hydroxylation is 2. The molecule has 7 nitrogen and oxygen atoms in total. The van der Waals surface area contributed by atoms with Crippen molar-refractivity contribution in [3.05, 3.63) is 69.8 Å². The van der Waals surface area contributed by atoms with Gasteiger partial charge in [0, 0.05) is 11.4 Å². The van der Waals surface area contributed by atoms with Gasteiger partial charge in [-0.05, 0) is 24.1 Å². The van der Waals surface area contributed by atoms with Crippen LogP contribution in [-0.2, 0) is 24.3 Å². The Labute approximate surface area is 166 Å². The lowest BCUT2D eigenvalue weighted by Gasteiger charge is -2.08. The molecule has 0 spiro atoms. The van der Waals surface area contributed by atoms with Gasteiger partial charge in [-0.3, -0.25) is 4.99 Å². The molecule has 2 N–H and O–H groups in total. The highest BCUT2D eigenvalue weighted by molar-refractivity contribution is 7.13. The summed E-state index contributed by atoms with van der Waals surface area (Å²) in [6.45, 7) is 1.24. The monoisotopic (exact) mass is 396 g/mol. The Bertz CT molecular complexity index is 981. The maximum atomic E-state index is 12.3. The van der Waals surface area contributed by atoms with Crippen molar-refractivity contribution in [2.24, 2.45) is 4.99 Å². The van der Waals surface area contributed by atoms with Crippen LogP contribution in [0.3, 0.4) is 0 Å². The number of carbonyl (C=O) groups is 1. The Balaban J connectivity index is 1.35. The van der Waals surface area contributed by atoms with Crippen molar-refractivity contribution >= 4 is 29.5 Å². The summed E-state index contributed by atoms with van der Waals surface area (Å²) >= 11 is 1.44. The van der Waals surface area contributed by atoms with Gasteiger partial charge in [0.15, 0.2) is 0 Å². The highest BCUT2D eigenvalue weighted by Gasteiger charge is 2.20. The lowest BCUT2D eigenvalue weighted by molar-refractivity contribution is 0.0478. The van der Waals surface area contributed by atoms with E-state index in [9.17, 15) is 9.90 Å². The number of ether oxygens (including phenoxy) is 1. The van der Waals surface area contributed by atoms with Crippen molar-refractivity contribution < 1.29 is 14.6 Å². The Hall–Kier alpha value is -2.97. The molecule has 8 heteroatoms. The quantitative estimate of drug-likeness (QED) is 0.625. The third kappa shape index (κ3) is 4.13. The van der Waals surface area contributed by atoms with Gasteiger partial charge in [-0.1, -0.05) is 30.3 Å². The number of carbonyl (C=O) groups excluding carboxylic acids is 1. The molecule has 2 aromatic heterocycles. The third-order valence-electron chi connectivity index (χ3n) is 4.43. The highest BCUT2D eigenvalue weighted by atomic mass is 32.1. The minimum Gasteiger partial charge on any atom is -0.457 e. The van der Waals surface area contributed by atoms with Crippen LogP contribution in [0.4, 0.5) is 5.82 Å². The Morgan fingerprint density at radius 2 is 2.14 bits per heavy atom. The number of thiophene rings is 1. The maximum absolute atomic E-state index is 12.3. The summed E-state index contributed by atoms with van der Waals surface area (Å²) in [6, 6.07) is 13.4. The molecule has 0 saturated heterocycles. The normalized spacial score (nSPS) is 15.5. The number of hydrogen-bond donors (Lipinski definition) is 2. The minimum atomic E-state index is -0.699. The number of hydrogen-bond acceptors (Lipinski definition) is 7. The fourth-order valence-corrected chi connectivity index (χ4v) is 3.85. The van der Waals surface area contributed by atoms with Gasteiger partial charge in [0.2, 0.25) is 0 Å². The molecule has 1 unspecified atom stereocenters. The SMILES string of the molecule is O=C(OCc1ccccc1)c1ccc(CCn2cnc3c2NC=NCC3O)s1. The first kappa shape index (κ1) is 18.4. The molecule has 0 saturated carbocycles. The molecule has 0 aliphatic carbocycles. The van der Waals surface area contributed by atoms with E-state index in [0.717, 1.165) is 22.7 Å². The summed E-state index contributed by atoms with van der Waals surface area (Å²) < 4.78 is 7.33. The van der Waals surface area contributed by atoms with E-state index in [-0.39, 0.29) is 12.6 Å². The van der Waals surface area contributed by atoms with Crippen molar-refractivity contribution in [1.29, 1.82) is 0 Å². The number of benzene rings is 1. The molecule has 0 fully saturated rings. The summed E-state index contributed by atoms with van der Waals surface area (Å²) in [5.41, 5.74) is 1.57. The van der Waals surface area contributed by atoms with Crippen LogP contribution in [0.5, 0.6) is 0 Å². The molecular formula is C20H20N4O3S. The number of nitrogens with zero attached hydrogens (tertiary/aromatic N) is 3. The van der Waals surface area contributed by atoms with Gasteiger partial charge in [-0.25, -0.2) is 9.78 Å². The number of esters is 1. The van der Waals surface area contributed by atoms with Crippen molar-refractivity contribution in [1.82, 2.24) is 9.55 Å². The predicted molar refractivity (Wildman–Crippen MR) is 108 cm³/mol. The minimum absolute atomic E-state index is 0.267. The first-order valence-corrected chi connectivity index (χ1v) is 9.80. The molecule has 1 aliphatic heterocycles. The average molecular weight is 396 g/mol. The van der Waals surface area contributed by atoms with Gasteiger partial charge in [-0.2, -0.15) is 0 Å². The molecule has 1 aromatic carbocycles. The zero-order chi connectivity index (χ0) is 19.3. The van der Waals surface area contributed by atoms with Crippen LogP contribution < -0.4 is 5.32 Å². The van der Waals surface area contributed by atoms with Gasteiger partial charge in [0.25, 0.3) is 0 Å². The van der Waals surface area contributed by atoms with E-state index in [1.807, 2.05) is 41.0 Å². The first-order chi connectivity index (χ1) is 13.7. The van der Waals surface area contributed by atoms with Crippen LogP contribution in [-0.4, -0.2) is 33.5 Å². The van der Waals surface area contributed by atoms with Gasteiger partial charge >= 0.3 is 5.97 Å². The number of fused-ring (bicyclic) bond motifs is 1. The van der Waals surface area contributed by atoms with Gasteiger partial charge < -0.3 is 19.7 Å². The van der Waals surface area contributed by atoms with E-state index < -0.39 is 6.10 Å². The van der Waals surface area contributed by atoms with E-state index >= 15 is 0 Å². The number of nitrogens with one attached hydrogen (secondary N) is 1. The molecule has 1 aliphatic rings. The number of imidazole rings is 1. The zero-order valence-corrected chi connectivity index (χ0v) is 15.9. The molecular weight excluding hydrogens is 376 g/mol. The van der Waals surface area contributed by atoms with Crippen LogP contribution in [0.15, 0.2) is 53.8 Å². The van der Waals surface area contributed by atoms with E-state index in [2.05, 4.69) is 15.3 Å².